The summed E-state index contributed by atoms with van der Waals surface area (Å²) in [6.07, 6.45) is 95.0. The third kappa shape index (κ3) is 64.4. The Kier molecular flexibility index (Phi) is 63.3. The normalized spacial score (nSPS) is 13.0. The Bertz CT molecular complexity index is 1700. The molecule has 0 bridgehead atoms. The number of esters is 3. The molecule has 6 nitrogen and oxygen atoms in total. The molecular formula is C74H122O6. The van der Waals surface area contributed by atoms with Crippen LogP contribution in [-0.2, 0) is 28.6 Å². The van der Waals surface area contributed by atoms with E-state index in [9.17, 15) is 14.4 Å². The van der Waals surface area contributed by atoms with Gasteiger partial charge in [-0.2, -0.15) is 0 Å². The van der Waals surface area contributed by atoms with Crippen molar-refractivity contribution in [3.05, 3.63) is 134 Å². The van der Waals surface area contributed by atoms with Crippen molar-refractivity contribution >= 4 is 17.9 Å². The molecule has 6 heteroatoms. The van der Waals surface area contributed by atoms with Crippen LogP contribution in [0.1, 0.15) is 297 Å². The summed E-state index contributed by atoms with van der Waals surface area (Å²) in [7, 11) is 0. The number of unbranched alkanes of at least 4 members (excludes halogenated alkanes) is 26. The van der Waals surface area contributed by atoms with E-state index in [1.165, 1.54) is 128 Å². The summed E-state index contributed by atoms with van der Waals surface area (Å²) in [5.74, 6) is -0.895. The predicted molar refractivity (Wildman–Crippen MR) is 348 cm³/mol. The van der Waals surface area contributed by atoms with Crippen molar-refractivity contribution in [2.24, 2.45) is 0 Å². The van der Waals surface area contributed by atoms with E-state index in [0.29, 0.717) is 19.3 Å². The van der Waals surface area contributed by atoms with Crippen LogP contribution in [0, 0.1) is 0 Å². The van der Waals surface area contributed by atoms with Gasteiger partial charge in [0.1, 0.15) is 13.2 Å². The Balaban J connectivity index is 4.09. The molecule has 0 aliphatic heterocycles. The molecule has 0 aromatic rings. The third-order valence-electron chi connectivity index (χ3n) is 13.9. The van der Waals surface area contributed by atoms with Crippen LogP contribution in [0.2, 0.25) is 0 Å². The SMILES string of the molecule is CC/C=C\C/C=C\C/C=C\C/C=C\C/C=C\C/C=C\C/C=C\CCCCCCCCCCCCCC(=O)OCC(COC(=O)CCCCCCCC)OC(=O)CCCCCCCCCCCC/C=C\C/C=C\C/C=C\C/C=C\CC. The van der Waals surface area contributed by atoms with Gasteiger partial charge in [0.05, 0.1) is 0 Å². The summed E-state index contributed by atoms with van der Waals surface area (Å²) in [4.78, 5) is 38.1. The van der Waals surface area contributed by atoms with Crippen LogP contribution in [-0.4, -0.2) is 37.2 Å². The zero-order chi connectivity index (χ0) is 57.8. The zero-order valence-electron chi connectivity index (χ0n) is 52.0. The van der Waals surface area contributed by atoms with E-state index in [-0.39, 0.29) is 31.1 Å². The highest BCUT2D eigenvalue weighted by molar-refractivity contribution is 5.71. The molecule has 0 N–H and O–H groups in total. The average molecular weight is 1110 g/mol. The largest absolute Gasteiger partial charge is 0.462 e. The Morgan fingerprint density at radius 1 is 0.263 bits per heavy atom. The van der Waals surface area contributed by atoms with E-state index >= 15 is 0 Å². The van der Waals surface area contributed by atoms with E-state index < -0.39 is 6.10 Å². The molecule has 0 radical (unpaired) electrons. The smallest absolute Gasteiger partial charge is 0.306 e. The molecule has 0 aliphatic carbocycles. The van der Waals surface area contributed by atoms with Crippen molar-refractivity contribution in [2.45, 2.75) is 303 Å². The summed E-state index contributed by atoms with van der Waals surface area (Å²) in [5.41, 5.74) is 0. The fourth-order valence-electron chi connectivity index (χ4n) is 9.00. The van der Waals surface area contributed by atoms with Crippen molar-refractivity contribution in [2.75, 3.05) is 13.2 Å². The van der Waals surface area contributed by atoms with Crippen LogP contribution < -0.4 is 0 Å². The molecule has 0 rings (SSSR count). The molecule has 0 saturated heterocycles. The molecule has 454 valence electrons. The van der Waals surface area contributed by atoms with Gasteiger partial charge < -0.3 is 14.2 Å². The molecule has 0 spiro atoms. The molecule has 80 heavy (non-hydrogen) atoms. The van der Waals surface area contributed by atoms with Crippen LogP contribution in [0.25, 0.3) is 0 Å². The van der Waals surface area contributed by atoms with Gasteiger partial charge in [0.25, 0.3) is 0 Å². The highest BCUT2D eigenvalue weighted by Crippen LogP contribution is 2.16. The van der Waals surface area contributed by atoms with Gasteiger partial charge in [-0.15, -0.1) is 0 Å². The van der Waals surface area contributed by atoms with Crippen molar-refractivity contribution < 1.29 is 28.6 Å². The lowest BCUT2D eigenvalue weighted by atomic mass is 10.0. The second-order valence-electron chi connectivity index (χ2n) is 21.6. The minimum Gasteiger partial charge on any atom is -0.462 e. The highest BCUT2D eigenvalue weighted by atomic mass is 16.6. The third-order valence-corrected chi connectivity index (χ3v) is 13.9. The number of hydrogen-bond acceptors (Lipinski definition) is 6. The lowest BCUT2D eigenvalue weighted by molar-refractivity contribution is -0.167. The first-order valence-corrected chi connectivity index (χ1v) is 33.2. The van der Waals surface area contributed by atoms with E-state index in [4.69, 9.17) is 14.2 Å². The van der Waals surface area contributed by atoms with E-state index in [1.54, 1.807) is 0 Å². The molecule has 1 atom stereocenters. The number of rotatable bonds is 59. The van der Waals surface area contributed by atoms with Crippen molar-refractivity contribution in [3.8, 4) is 0 Å². The molecule has 1 unspecified atom stereocenters. The van der Waals surface area contributed by atoms with Crippen molar-refractivity contribution in [3.63, 3.8) is 0 Å². The van der Waals surface area contributed by atoms with Crippen LogP contribution in [0.3, 0.4) is 0 Å². The number of allylic oxidation sites excluding steroid dienone is 22. The first-order chi connectivity index (χ1) is 39.5. The molecule has 0 aromatic carbocycles. The summed E-state index contributed by atoms with van der Waals surface area (Å²) >= 11 is 0. The topological polar surface area (TPSA) is 78.9 Å². The Hall–Kier alpha value is -4.45. The Labute approximate surface area is 494 Å². The summed E-state index contributed by atoms with van der Waals surface area (Å²) in [5, 5.41) is 0. The number of hydrogen-bond donors (Lipinski definition) is 0. The van der Waals surface area contributed by atoms with Gasteiger partial charge >= 0.3 is 17.9 Å². The van der Waals surface area contributed by atoms with Gasteiger partial charge in [-0.1, -0.05) is 296 Å². The van der Waals surface area contributed by atoms with Gasteiger partial charge in [0, 0.05) is 19.3 Å². The first kappa shape index (κ1) is 75.5. The van der Waals surface area contributed by atoms with E-state index in [1.807, 2.05) is 0 Å². The highest BCUT2D eigenvalue weighted by Gasteiger charge is 2.19. The molecule has 0 fully saturated rings. The monoisotopic (exact) mass is 1110 g/mol. The number of carbonyl (C=O) groups excluding carboxylic acids is 3. The van der Waals surface area contributed by atoms with Gasteiger partial charge in [-0.25, -0.2) is 0 Å². The van der Waals surface area contributed by atoms with E-state index in [0.717, 1.165) is 128 Å². The minimum absolute atomic E-state index is 0.0816. The van der Waals surface area contributed by atoms with Crippen LogP contribution >= 0.6 is 0 Å². The summed E-state index contributed by atoms with van der Waals surface area (Å²) in [6.45, 7) is 6.36. The van der Waals surface area contributed by atoms with E-state index in [2.05, 4.69) is 154 Å². The number of ether oxygens (including phenoxy) is 3. The van der Waals surface area contributed by atoms with Gasteiger partial charge in [-0.3, -0.25) is 14.4 Å². The zero-order valence-corrected chi connectivity index (χ0v) is 52.0. The first-order valence-electron chi connectivity index (χ1n) is 33.2. The maximum atomic E-state index is 12.9. The lowest BCUT2D eigenvalue weighted by Gasteiger charge is -2.18. The molecule has 0 amide bonds. The molecular weight excluding hydrogens is 985 g/mol. The fraction of sp³-hybridized carbons (Fsp3) is 0.662. The van der Waals surface area contributed by atoms with Crippen molar-refractivity contribution in [1.29, 1.82) is 0 Å². The van der Waals surface area contributed by atoms with Gasteiger partial charge in [0.2, 0.25) is 0 Å². The lowest BCUT2D eigenvalue weighted by Crippen LogP contribution is -2.30. The molecule has 0 aromatic heterocycles. The fourth-order valence-corrected chi connectivity index (χ4v) is 9.00. The van der Waals surface area contributed by atoms with Gasteiger partial charge in [-0.05, 0) is 116 Å². The van der Waals surface area contributed by atoms with Crippen LogP contribution in [0.15, 0.2) is 134 Å². The van der Waals surface area contributed by atoms with Crippen LogP contribution in [0.5, 0.6) is 0 Å². The molecule has 0 aliphatic rings. The second-order valence-corrected chi connectivity index (χ2v) is 21.6. The maximum absolute atomic E-state index is 12.9. The standard InChI is InChI=1S/C74H122O6/c1-4-7-10-13-16-18-20-22-24-26-28-30-32-33-34-35-36-37-38-39-40-41-43-44-46-48-50-52-54-56-58-61-64-67-73(76)79-70-71(69-78-72(75)66-63-60-15-12-9-6-3)80-74(77)68-65-62-59-57-55-53-51-49-47-45-42-31-29-27-25-23-21-19-17-14-11-8-5-2/h7-8,10-11,16-19,22-25,28-31,33-34,36-37,39-40,71H,4-6,9,12-15,20-21,26-27,32,35,38,41-70H2,1-3H3/b10-7-,11-8-,18-16-,19-17-,24-22-,25-23-,30-28-,31-29-,34-33-,37-36-,40-39-. The second kappa shape index (κ2) is 67.1. The summed E-state index contributed by atoms with van der Waals surface area (Å²) < 4.78 is 16.8. The Morgan fingerprint density at radius 2 is 0.487 bits per heavy atom. The Morgan fingerprint density at radius 3 is 0.762 bits per heavy atom. The summed E-state index contributed by atoms with van der Waals surface area (Å²) in [6, 6.07) is 0. The van der Waals surface area contributed by atoms with Gasteiger partial charge in [0.15, 0.2) is 6.10 Å². The average Bonchev–Trinajstić information content (AvgIpc) is 3.46. The predicted octanol–water partition coefficient (Wildman–Crippen LogP) is 22.9. The van der Waals surface area contributed by atoms with Crippen LogP contribution in [0.4, 0.5) is 0 Å². The molecule has 0 heterocycles. The maximum Gasteiger partial charge on any atom is 0.306 e. The van der Waals surface area contributed by atoms with Crippen molar-refractivity contribution in [1.82, 2.24) is 0 Å². The molecule has 0 saturated carbocycles. The minimum atomic E-state index is -0.782. The quantitative estimate of drug-likeness (QED) is 0.0261. The number of carbonyl (C=O) groups is 3.